The zero-order valence-electron chi connectivity index (χ0n) is 18.2. The molecule has 6 nitrogen and oxygen atoms in total. The highest BCUT2D eigenvalue weighted by atomic mass is 16.9. The number of hydrogen-bond acceptors (Lipinski definition) is 6. The fraction of sp³-hybridized carbons (Fsp3) is 1.00. The summed E-state index contributed by atoms with van der Waals surface area (Å²) in [5, 5.41) is 0. The lowest BCUT2D eigenvalue weighted by molar-refractivity contribution is -0.390. The van der Waals surface area contributed by atoms with E-state index in [0.717, 1.165) is 32.3 Å². The molecule has 0 aromatic carbocycles. The zero-order valence-corrected chi connectivity index (χ0v) is 18.2. The minimum atomic E-state index is -1.08. The van der Waals surface area contributed by atoms with Crippen molar-refractivity contribution in [3.8, 4) is 0 Å². The standard InChI is InChI=1S/C21H42O6/c1-6-8-9-10-11-13-20(26-15-14-25-16-18-17-27-18)19(12-7-2)21(22-3,23-4)24-5/h18-20H,6-17H2,1-5H3. The lowest BCUT2D eigenvalue weighted by atomic mass is 9.90. The average molecular weight is 391 g/mol. The summed E-state index contributed by atoms with van der Waals surface area (Å²) in [6.07, 6.45) is 9.35. The molecular weight excluding hydrogens is 348 g/mol. The smallest absolute Gasteiger partial charge is 0.287 e. The van der Waals surface area contributed by atoms with E-state index in [0.29, 0.717) is 19.8 Å². The molecule has 1 saturated heterocycles. The number of ether oxygens (including phenoxy) is 6. The third-order valence-electron chi connectivity index (χ3n) is 5.21. The largest absolute Gasteiger partial charge is 0.376 e. The number of unbranched alkanes of at least 4 members (excludes halogenated alkanes) is 4. The molecule has 27 heavy (non-hydrogen) atoms. The molecule has 1 heterocycles. The SMILES string of the molecule is CCCCCCCC(OCCOCC1CO1)C(CCC)C(OC)(OC)OC. The van der Waals surface area contributed by atoms with E-state index < -0.39 is 5.97 Å². The molecule has 0 saturated carbocycles. The van der Waals surface area contributed by atoms with Crippen LogP contribution in [0.4, 0.5) is 0 Å². The fourth-order valence-electron chi connectivity index (χ4n) is 3.59. The van der Waals surface area contributed by atoms with Crippen molar-refractivity contribution in [2.45, 2.75) is 83.4 Å². The first-order valence-electron chi connectivity index (χ1n) is 10.6. The normalized spacial score (nSPS) is 19.2. The molecule has 0 spiro atoms. The van der Waals surface area contributed by atoms with Gasteiger partial charge in [0.2, 0.25) is 0 Å². The molecule has 0 bridgehead atoms. The van der Waals surface area contributed by atoms with E-state index in [1.165, 1.54) is 25.7 Å². The van der Waals surface area contributed by atoms with Crippen LogP contribution in [-0.2, 0) is 28.4 Å². The summed E-state index contributed by atoms with van der Waals surface area (Å²) in [6, 6.07) is 0. The summed E-state index contributed by atoms with van der Waals surface area (Å²) in [5.74, 6) is -1.08. The minimum absolute atomic E-state index is 0.000408. The second kappa shape index (κ2) is 14.7. The maximum absolute atomic E-state index is 6.27. The maximum Gasteiger partial charge on any atom is 0.287 e. The van der Waals surface area contributed by atoms with Crippen LogP contribution in [0.1, 0.15) is 65.2 Å². The highest BCUT2D eigenvalue weighted by Gasteiger charge is 2.44. The second-order valence-electron chi connectivity index (χ2n) is 7.25. The van der Waals surface area contributed by atoms with Crippen molar-refractivity contribution in [1.82, 2.24) is 0 Å². The first-order valence-corrected chi connectivity index (χ1v) is 10.6. The molecule has 6 heteroatoms. The molecule has 0 N–H and O–H groups in total. The Bertz CT molecular complexity index is 335. The van der Waals surface area contributed by atoms with E-state index in [-0.39, 0.29) is 18.1 Å². The van der Waals surface area contributed by atoms with Gasteiger partial charge in [0, 0.05) is 21.3 Å². The molecule has 0 aromatic heterocycles. The zero-order chi connectivity index (χ0) is 20.0. The van der Waals surface area contributed by atoms with E-state index in [1.807, 2.05) is 0 Å². The van der Waals surface area contributed by atoms with Gasteiger partial charge in [-0.3, -0.25) is 0 Å². The van der Waals surface area contributed by atoms with Gasteiger partial charge in [-0.2, -0.15) is 0 Å². The van der Waals surface area contributed by atoms with Crippen LogP contribution in [0.15, 0.2) is 0 Å². The molecule has 1 rings (SSSR count). The molecule has 0 aromatic rings. The molecule has 3 atom stereocenters. The van der Waals surface area contributed by atoms with E-state index in [1.54, 1.807) is 21.3 Å². The second-order valence-corrected chi connectivity index (χ2v) is 7.25. The van der Waals surface area contributed by atoms with Crippen molar-refractivity contribution >= 4 is 0 Å². The van der Waals surface area contributed by atoms with Gasteiger partial charge >= 0.3 is 0 Å². The Labute approximate surface area is 166 Å². The van der Waals surface area contributed by atoms with Gasteiger partial charge in [-0.1, -0.05) is 52.4 Å². The van der Waals surface area contributed by atoms with Crippen molar-refractivity contribution < 1.29 is 28.4 Å². The summed E-state index contributed by atoms with van der Waals surface area (Å²) in [6.45, 7) is 7.00. The average Bonchev–Trinajstić information content (AvgIpc) is 3.51. The van der Waals surface area contributed by atoms with E-state index in [2.05, 4.69) is 13.8 Å². The van der Waals surface area contributed by atoms with Crippen LogP contribution in [0.5, 0.6) is 0 Å². The topological polar surface area (TPSA) is 58.7 Å². The van der Waals surface area contributed by atoms with Gasteiger partial charge in [-0.15, -0.1) is 0 Å². The molecule has 3 unspecified atom stereocenters. The summed E-state index contributed by atoms with van der Waals surface area (Å²) in [5.41, 5.74) is 0. The third-order valence-corrected chi connectivity index (χ3v) is 5.21. The summed E-state index contributed by atoms with van der Waals surface area (Å²) >= 11 is 0. The molecule has 1 aliphatic heterocycles. The quantitative estimate of drug-likeness (QED) is 0.188. The monoisotopic (exact) mass is 390 g/mol. The van der Waals surface area contributed by atoms with Gasteiger partial charge in [0.1, 0.15) is 6.10 Å². The van der Waals surface area contributed by atoms with Crippen molar-refractivity contribution in [2.24, 2.45) is 5.92 Å². The van der Waals surface area contributed by atoms with E-state index in [9.17, 15) is 0 Å². The highest BCUT2D eigenvalue weighted by molar-refractivity contribution is 4.80. The van der Waals surface area contributed by atoms with Crippen molar-refractivity contribution in [2.75, 3.05) is 47.8 Å². The van der Waals surface area contributed by atoms with Gasteiger partial charge < -0.3 is 28.4 Å². The molecular formula is C21H42O6. The predicted octanol–water partition coefficient (Wildman–Crippen LogP) is 4.16. The van der Waals surface area contributed by atoms with Crippen LogP contribution >= 0.6 is 0 Å². The van der Waals surface area contributed by atoms with Crippen LogP contribution in [0.3, 0.4) is 0 Å². The highest BCUT2D eigenvalue weighted by Crippen LogP contribution is 2.34. The molecule has 1 aliphatic rings. The van der Waals surface area contributed by atoms with Gasteiger partial charge in [0.15, 0.2) is 0 Å². The van der Waals surface area contributed by atoms with Crippen molar-refractivity contribution in [3.05, 3.63) is 0 Å². The Morgan fingerprint density at radius 2 is 1.56 bits per heavy atom. The number of hydrogen-bond donors (Lipinski definition) is 0. The molecule has 0 radical (unpaired) electrons. The van der Waals surface area contributed by atoms with Crippen LogP contribution in [0, 0.1) is 5.92 Å². The Balaban J connectivity index is 2.63. The molecule has 0 aliphatic carbocycles. The maximum atomic E-state index is 6.27. The summed E-state index contributed by atoms with van der Waals surface area (Å²) in [4.78, 5) is 0. The summed E-state index contributed by atoms with van der Waals surface area (Å²) in [7, 11) is 4.89. The lowest BCUT2D eigenvalue weighted by Crippen LogP contribution is -2.50. The Morgan fingerprint density at radius 1 is 0.889 bits per heavy atom. The lowest BCUT2D eigenvalue weighted by Gasteiger charge is -2.40. The number of methoxy groups -OCH3 is 3. The van der Waals surface area contributed by atoms with Crippen molar-refractivity contribution in [3.63, 3.8) is 0 Å². The van der Waals surface area contributed by atoms with Gasteiger partial charge in [-0.05, 0) is 12.8 Å². The number of rotatable bonds is 19. The fourth-order valence-corrected chi connectivity index (χ4v) is 3.59. The Morgan fingerprint density at radius 3 is 2.11 bits per heavy atom. The van der Waals surface area contributed by atoms with Crippen LogP contribution in [0.2, 0.25) is 0 Å². The Hall–Kier alpha value is -0.240. The number of epoxide rings is 1. The molecule has 0 amide bonds. The predicted molar refractivity (Wildman–Crippen MR) is 106 cm³/mol. The van der Waals surface area contributed by atoms with E-state index >= 15 is 0 Å². The minimum Gasteiger partial charge on any atom is -0.376 e. The molecule has 1 fully saturated rings. The summed E-state index contributed by atoms with van der Waals surface area (Å²) < 4.78 is 34.1. The first kappa shape index (κ1) is 24.8. The van der Waals surface area contributed by atoms with Crippen LogP contribution in [-0.4, -0.2) is 65.9 Å². The van der Waals surface area contributed by atoms with Crippen LogP contribution in [0.25, 0.3) is 0 Å². The van der Waals surface area contributed by atoms with Gasteiger partial charge in [0.25, 0.3) is 5.97 Å². The third kappa shape index (κ3) is 9.20. The van der Waals surface area contributed by atoms with Gasteiger partial charge in [-0.25, -0.2) is 0 Å². The van der Waals surface area contributed by atoms with Gasteiger partial charge in [0.05, 0.1) is 38.4 Å². The Kier molecular flexibility index (Phi) is 13.5. The van der Waals surface area contributed by atoms with Crippen LogP contribution < -0.4 is 0 Å². The van der Waals surface area contributed by atoms with Crippen molar-refractivity contribution in [1.29, 1.82) is 0 Å². The van der Waals surface area contributed by atoms with E-state index in [4.69, 9.17) is 28.4 Å². The molecule has 162 valence electrons. The first-order chi connectivity index (χ1) is 13.2.